The standard InChI is InChI=1S/C16H22BrF3N2O/c1-15(2,3)14(22-8-6-21-7-9-22)12-10(16(18,19)20)4-5-11(17)13(12)23/h4-5,14,21,23H,6-9H2,1-3H3/t14-/m0/s1. The number of phenolic OH excluding ortho intramolecular Hbond substituents is 1. The van der Waals surface area contributed by atoms with Crippen molar-refractivity contribution in [2.75, 3.05) is 26.2 Å². The third-order valence-electron chi connectivity index (χ3n) is 4.08. The Morgan fingerprint density at radius 3 is 2.22 bits per heavy atom. The number of rotatable bonds is 2. The summed E-state index contributed by atoms with van der Waals surface area (Å²) in [6.45, 7) is 8.45. The molecule has 0 amide bonds. The lowest BCUT2D eigenvalue weighted by molar-refractivity contribution is -0.139. The van der Waals surface area contributed by atoms with E-state index in [2.05, 4.69) is 21.2 Å². The van der Waals surface area contributed by atoms with E-state index in [9.17, 15) is 18.3 Å². The molecule has 0 aliphatic carbocycles. The molecule has 0 aromatic heterocycles. The summed E-state index contributed by atoms with van der Waals surface area (Å²) in [6, 6.07) is 1.76. The molecule has 0 bridgehead atoms. The zero-order chi connectivity index (χ0) is 17.4. The zero-order valence-corrected chi connectivity index (χ0v) is 15.1. The van der Waals surface area contributed by atoms with E-state index in [0.717, 1.165) is 19.2 Å². The summed E-state index contributed by atoms with van der Waals surface area (Å²) in [4.78, 5) is 2.02. The fourth-order valence-electron chi connectivity index (χ4n) is 3.21. The van der Waals surface area contributed by atoms with Crippen LogP contribution in [0.2, 0.25) is 0 Å². The van der Waals surface area contributed by atoms with Gasteiger partial charge in [0.2, 0.25) is 0 Å². The molecule has 7 heteroatoms. The van der Waals surface area contributed by atoms with Crippen LogP contribution in [0.3, 0.4) is 0 Å². The van der Waals surface area contributed by atoms with Crippen molar-refractivity contribution >= 4 is 15.9 Å². The van der Waals surface area contributed by atoms with E-state index < -0.39 is 23.2 Å². The molecule has 1 aromatic rings. The van der Waals surface area contributed by atoms with Gasteiger partial charge in [0.05, 0.1) is 10.0 Å². The highest BCUT2D eigenvalue weighted by atomic mass is 79.9. The minimum absolute atomic E-state index is 0.0405. The highest BCUT2D eigenvalue weighted by Crippen LogP contribution is 2.49. The zero-order valence-electron chi connectivity index (χ0n) is 13.5. The smallest absolute Gasteiger partial charge is 0.416 e. The number of piperazine rings is 1. The maximum atomic E-state index is 13.5. The molecule has 3 nitrogen and oxygen atoms in total. The third-order valence-corrected chi connectivity index (χ3v) is 4.72. The van der Waals surface area contributed by atoms with Gasteiger partial charge in [-0.1, -0.05) is 20.8 Å². The van der Waals surface area contributed by atoms with E-state index in [-0.39, 0.29) is 15.8 Å². The second kappa shape index (κ2) is 6.61. The SMILES string of the molecule is CC(C)(C)[C@H](c1c(C(F)(F)F)ccc(Br)c1O)N1CCNCC1. The van der Waals surface area contributed by atoms with Crippen molar-refractivity contribution in [2.45, 2.75) is 33.0 Å². The van der Waals surface area contributed by atoms with Gasteiger partial charge in [0.1, 0.15) is 5.75 Å². The molecule has 1 saturated heterocycles. The summed E-state index contributed by atoms with van der Waals surface area (Å²) in [5.74, 6) is -0.321. The number of halogens is 4. The lowest BCUT2D eigenvalue weighted by atomic mass is 9.78. The monoisotopic (exact) mass is 394 g/mol. The third kappa shape index (κ3) is 4.00. The molecule has 130 valence electrons. The highest BCUT2D eigenvalue weighted by Gasteiger charge is 2.42. The van der Waals surface area contributed by atoms with Gasteiger partial charge in [-0.3, -0.25) is 4.90 Å². The summed E-state index contributed by atoms with van der Waals surface area (Å²) in [6.07, 6.45) is -4.51. The van der Waals surface area contributed by atoms with Crippen molar-refractivity contribution < 1.29 is 18.3 Å². The summed E-state index contributed by atoms with van der Waals surface area (Å²) in [5.41, 5.74) is -1.27. The number of phenols is 1. The molecule has 0 saturated carbocycles. The van der Waals surface area contributed by atoms with Gasteiger partial charge >= 0.3 is 6.18 Å². The maximum Gasteiger partial charge on any atom is 0.416 e. The fourth-order valence-corrected chi connectivity index (χ4v) is 3.55. The molecule has 2 N–H and O–H groups in total. The normalized spacial score (nSPS) is 18.9. The van der Waals surface area contributed by atoms with E-state index in [1.165, 1.54) is 6.07 Å². The van der Waals surface area contributed by atoms with Crippen LogP contribution in [0.15, 0.2) is 16.6 Å². The predicted molar refractivity (Wildman–Crippen MR) is 87.4 cm³/mol. The molecule has 1 heterocycles. The number of hydrogen-bond acceptors (Lipinski definition) is 3. The molecule has 0 unspecified atom stereocenters. The van der Waals surface area contributed by atoms with E-state index in [1.807, 2.05) is 25.7 Å². The first-order valence-corrected chi connectivity index (χ1v) is 8.36. The first kappa shape index (κ1) is 18.5. The van der Waals surface area contributed by atoms with E-state index in [1.54, 1.807) is 0 Å². The maximum absolute atomic E-state index is 13.5. The van der Waals surface area contributed by atoms with Crippen molar-refractivity contribution in [2.24, 2.45) is 5.41 Å². The van der Waals surface area contributed by atoms with Gasteiger partial charge in [-0.25, -0.2) is 0 Å². The molecule has 1 aliphatic heterocycles. The summed E-state index contributed by atoms with van der Waals surface area (Å²) in [5, 5.41) is 13.6. The largest absolute Gasteiger partial charge is 0.506 e. The van der Waals surface area contributed by atoms with Gasteiger partial charge in [-0.15, -0.1) is 0 Å². The Morgan fingerprint density at radius 1 is 1.17 bits per heavy atom. The minimum Gasteiger partial charge on any atom is -0.506 e. The molecule has 0 spiro atoms. The van der Waals surface area contributed by atoms with Crippen LogP contribution in [0.1, 0.15) is 37.9 Å². The molecule has 1 aromatic carbocycles. The minimum atomic E-state index is -4.51. The highest BCUT2D eigenvalue weighted by molar-refractivity contribution is 9.10. The Morgan fingerprint density at radius 2 is 1.74 bits per heavy atom. The van der Waals surface area contributed by atoms with Crippen molar-refractivity contribution in [3.8, 4) is 5.75 Å². The molecule has 23 heavy (non-hydrogen) atoms. The lowest BCUT2D eigenvalue weighted by Crippen LogP contribution is -2.48. The molecule has 1 atom stereocenters. The second-order valence-electron chi connectivity index (χ2n) is 6.91. The molecule has 2 rings (SSSR count). The van der Waals surface area contributed by atoms with Crippen molar-refractivity contribution in [3.05, 3.63) is 27.7 Å². The first-order chi connectivity index (χ1) is 10.5. The summed E-state index contributed by atoms with van der Waals surface area (Å²) in [7, 11) is 0. The summed E-state index contributed by atoms with van der Waals surface area (Å²) < 4.78 is 40.8. The Labute approximate surface area is 143 Å². The van der Waals surface area contributed by atoms with Crippen LogP contribution >= 0.6 is 15.9 Å². The van der Waals surface area contributed by atoms with Crippen LogP contribution in [-0.2, 0) is 6.18 Å². The fraction of sp³-hybridized carbons (Fsp3) is 0.625. The van der Waals surface area contributed by atoms with Gasteiger partial charge in [-0.05, 0) is 33.5 Å². The van der Waals surface area contributed by atoms with Crippen LogP contribution in [0.5, 0.6) is 5.75 Å². The number of benzene rings is 1. The van der Waals surface area contributed by atoms with Gasteiger partial charge in [-0.2, -0.15) is 13.2 Å². The lowest BCUT2D eigenvalue weighted by Gasteiger charge is -2.43. The van der Waals surface area contributed by atoms with Crippen molar-refractivity contribution in [1.29, 1.82) is 0 Å². The van der Waals surface area contributed by atoms with Crippen LogP contribution in [0.25, 0.3) is 0 Å². The van der Waals surface area contributed by atoms with E-state index in [4.69, 9.17) is 0 Å². The molecular weight excluding hydrogens is 373 g/mol. The Balaban J connectivity index is 2.64. The molecule has 1 aliphatic rings. The average Bonchev–Trinajstić information content (AvgIpc) is 2.42. The number of nitrogens with zero attached hydrogens (tertiary/aromatic N) is 1. The summed E-state index contributed by atoms with van der Waals surface area (Å²) >= 11 is 3.16. The van der Waals surface area contributed by atoms with Crippen LogP contribution in [-0.4, -0.2) is 36.2 Å². The second-order valence-corrected chi connectivity index (χ2v) is 7.76. The van der Waals surface area contributed by atoms with Crippen molar-refractivity contribution in [3.63, 3.8) is 0 Å². The molecular formula is C16H22BrF3N2O. The number of aromatic hydroxyl groups is 1. The van der Waals surface area contributed by atoms with Gasteiger partial charge < -0.3 is 10.4 Å². The van der Waals surface area contributed by atoms with Gasteiger partial charge in [0, 0.05) is 37.8 Å². The van der Waals surface area contributed by atoms with Gasteiger partial charge in [0.25, 0.3) is 0 Å². The number of hydrogen-bond donors (Lipinski definition) is 2. The molecule has 1 fully saturated rings. The Hall–Kier alpha value is -0.790. The Bertz CT molecular complexity index is 564. The average molecular weight is 395 g/mol. The number of alkyl halides is 3. The quantitative estimate of drug-likeness (QED) is 0.789. The van der Waals surface area contributed by atoms with E-state index in [0.29, 0.717) is 13.1 Å². The molecule has 0 radical (unpaired) electrons. The van der Waals surface area contributed by atoms with E-state index >= 15 is 0 Å². The van der Waals surface area contributed by atoms with Gasteiger partial charge in [0.15, 0.2) is 0 Å². The Kier molecular flexibility index (Phi) is 5.33. The van der Waals surface area contributed by atoms with Crippen LogP contribution in [0, 0.1) is 5.41 Å². The first-order valence-electron chi connectivity index (χ1n) is 7.57. The predicted octanol–water partition coefficient (Wildman–Crippen LogP) is 4.17. The van der Waals surface area contributed by atoms with Crippen LogP contribution in [0.4, 0.5) is 13.2 Å². The van der Waals surface area contributed by atoms with Crippen molar-refractivity contribution in [1.82, 2.24) is 10.2 Å². The van der Waals surface area contributed by atoms with Crippen LogP contribution < -0.4 is 5.32 Å². The topological polar surface area (TPSA) is 35.5 Å². The number of nitrogens with one attached hydrogen (secondary N) is 1.